The topological polar surface area (TPSA) is 146 Å². The summed E-state index contributed by atoms with van der Waals surface area (Å²) < 4.78 is 8.96. The van der Waals surface area contributed by atoms with Crippen molar-refractivity contribution in [1.29, 1.82) is 0 Å². The van der Waals surface area contributed by atoms with Crippen LogP contribution in [0.25, 0.3) is 11.0 Å². The van der Waals surface area contributed by atoms with Crippen molar-refractivity contribution in [3.63, 3.8) is 0 Å². The quantitative estimate of drug-likeness (QED) is 0.349. The van der Waals surface area contributed by atoms with Gasteiger partial charge in [-0.05, 0) is 44.9 Å². The molecule has 11 nitrogen and oxygen atoms in total. The van der Waals surface area contributed by atoms with Gasteiger partial charge in [0.2, 0.25) is 17.8 Å². The SMILES string of the molecule is CCn1nc(C)cc1C(=O)Nc1nc2cc(C(N)=O)cc(OC)c2n1C/C=C/CNC(=O)C1CCCCC1. The van der Waals surface area contributed by atoms with E-state index in [0.29, 0.717) is 42.1 Å². The highest BCUT2D eigenvalue weighted by Gasteiger charge is 2.22. The Morgan fingerprint density at radius 2 is 1.92 bits per heavy atom. The number of imidazole rings is 1. The molecule has 4 rings (SSSR count). The number of hydrogen-bond donors (Lipinski definition) is 3. The summed E-state index contributed by atoms with van der Waals surface area (Å²) >= 11 is 0. The number of hydrogen-bond acceptors (Lipinski definition) is 6. The molecule has 3 amide bonds. The lowest BCUT2D eigenvalue weighted by Gasteiger charge is -2.20. The summed E-state index contributed by atoms with van der Waals surface area (Å²) in [6.07, 6.45) is 9.07. The van der Waals surface area contributed by atoms with E-state index in [4.69, 9.17) is 10.5 Å². The first-order chi connectivity index (χ1) is 18.3. The predicted molar refractivity (Wildman–Crippen MR) is 144 cm³/mol. The number of rotatable bonds is 10. The van der Waals surface area contributed by atoms with Crippen LogP contribution in [0.5, 0.6) is 5.75 Å². The van der Waals surface area contributed by atoms with Gasteiger partial charge >= 0.3 is 0 Å². The van der Waals surface area contributed by atoms with E-state index in [-0.39, 0.29) is 29.2 Å². The van der Waals surface area contributed by atoms with Crippen LogP contribution < -0.4 is 21.1 Å². The number of fused-ring (bicyclic) bond motifs is 1. The van der Waals surface area contributed by atoms with Crippen molar-refractivity contribution in [2.24, 2.45) is 11.7 Å². The largest absolute Gasteiger partial charge is 0.494 e. The molecule has 4 N–H and O–H groups in total. The Hall–Kier alpha value is -4.15. The van der Waals surface area contributed by atoms with E-state index < -0.39 is 5.91 Å². The summed E-state index contributed by atoms with van der Waals surface area (Å²) in [5, 5.41) is 10.2. The van der Waals surface area contributed by atoms with E-state index in [1.807, 2.05) is 26.0 Å². The molecule has 0 radical (unpaired) electrons. The number of carbonyl (C=O) groups is 3. The molecule has 1 aromatic carbocycles. The van der Waals surface area contributed by atoms with E-state index in [1.54, 1.807) is 27.4 Å². The summed E-state index contributed by atoms with van der Waals surface area (Å²) in [6, 6.07) is 4.84. The molecule has 0 bridgehead atoms. The normalized spacial score (nSPS) is 14.2. The fourth-order valence-electron chi connectivity index (χ4n) is 4.87. The molecule has 38 heavy (non-hydrogen) atoms. The summed E-state index contributed by atoms with van der Waals surface area (Å²) in [4.78, 5) is 42.1. The zero-order chi connectivity index (χ0) is 27.2. The molecule has 0 spiro atoms. The lowest BCUT2D eigenvalue weighted by molar-refractivity contribution is -0.125. The number of carbonyl (C=O) groups excluding carboxylic acids is 3. The molecule has 0 aliphatic heterocycles. The molecule has 1 fully saturated rings. The summed E-state index contributed by atoms with van der Waals surface area (Å²) in [7, 11) is 1.49. The molecule has 0 saturated heterocycles. The second-order valence-electron chi connectivity index (χ2n) is 9.45. The van der Waals surface area contributed by atoms with Gasteiger partial charge in [-0.2, -0.15) is 5.10 Å². The highest BCUT2D eigenvalue weighted by atomic mass is 16.5. The number of aryl methyl sites for hydroxylation is 2. The van der Waals surface area contributed by atoms with Gasteiger partial charge < -0.3 is 20.4 Å². The lowest BCUT2D eigenvalue weighted by Crippen LogP contribution is -2.31. The zero-order valence-corrected chi connectivity index (χ0v) is 22.1. The predicted octanol–water partition coefficient (Wildman–Crippen LogP) is 3.17. The van der Waals surface area contributed by atoms with Gasteiger partial charge in [0, 0.05) is 31.1 Å². The average Bonchev–Trinajstić information content (AvgIpc) is 3.47. The monoisotopic (exact) mass is 521 g/mol. The minimum atomic E-state index is -0.610. The van der Waals surface area contributed by atoms with E-state index >= 15 is 0 Å². The third kappa shape index (κ3) is 5.87. The van der Waals surface area contributed by atoms with Crippen LogP contribution in [0.15, 0.2) is 30.4 Å². The Morgan fingerprint density at radius 3 is 2.61 bits per heavy atom. The summed E-state index contributed by atoms with van der Waals surface area (Å²) in [5.74, 6) is -0.0949. The van der Waals surface area contributed by atoms with Gasteiger partial charge in [-0.25, -0.2) is 4.98 Å². The van der Waals surface area contributed by atoms with Crippen LogP contribution in [0, 0.1) is 12.8 Å². The third-order valence-electron chi connectivity index (χ3n) is 6.80. The fourth-order valence-corrected chi connectivity index (χ4v) is 4.87. The van der Waals surface area contributed by atoms with Gasteiger partial charge in [-0.15, -0.1) is 0 Å². The van der Waals surface area contributed by atoms with Crippen LogP contribution in [-0.2, 0) is 17.9 Å². The average molecular weight is 522 g/mol. The van der Waals surface area contributed by atoms with E-state index in [1.165, 1.54) is 13.5 Å². The molecule has 1 saturated carbocycles. The number of primary amides is 1. The zero-order valence-electron chi connectivity index (χ0n) is 22.1. The molecular formula is C27H35N7O4. The van der Waals surface area contributed by atoms with E-state index in [9.17, 15) is 14.4 Å². The second-order valence-corrected chi connectivity index (χ2v) is 9.45. The molecule has 0 unspecified atom stereocenters. The number of anilines is 1. The number of ether oxygens (including phenoxy) is 1. The molecule has 202 valence electrons. The smallest absolute Gasteiger partial charge is 0.276 e. The van der Waals surface area contributed by atoms with E-state index in [2.05, 4.69) is 20.7 Å². The van der Waals surface area contributed by atoms with Crippen molar-refractivity contribution in [3.8, 4) is 5.75 Å². The van der Waals surface area contributed by atoms with Crippen molar-refractivity contribution in [3.05, 3.63) is 47.3 Å². The van der Waals surface area contributed by atoms with Crippen molar-refractivity contribution in [1.82, 2.24) is 24.6 Å². The number of nitrogens with two attached hydrogens (primary N) is 1. The van der Waals surface area contributed by atoms with Crippen molar-refractivity contribution in [2.45, 2.75) is 59.0 Å². The summed E-state index contributed by atoms with van der Waals surface area (Å²) in [6.45, 7) is 5.02. The number of benzene rings is 1. The Kier molecular flexibility index (Phi) is 8.45. The van der Waals surface area contributed by atoms with Crippen LogP contribution in [0.2, 0.25) is 0 Å². The number of amides is 3. The number of nitrogens with zero attached hydrogens (tertiary/aromatic N) is 4. The Labute approximate surface area is 221 Å². The Balaban J connectivity index is 1.59. The van der Waals surface area contributed by atoms with Crippen molar-refractivity contribution in [2.75, 3.05) is 19.0 Å². The first kappa shape index (κ1) is 26.9. The first-order valence-electron chi connectivity index (χ1n) is 13.0. The maximum absolute atomic E-state index is 13.2. The highest BCUT2D eigenvalue weighted by molar-refractivity contribution is 6.04. The molecule has 2 aromatic heterocycles. The number of nitrogens with one attached hydrogen (secondary N) is 2. The van der Waals surface area contributed by atoms with Crippen LogP contribution >= 0.6 is 0 Å². The molecule has 1 aliphatic carbocycles. The van der Waals surface area contributed by atoms with Gasteiger partial charge in [0.15, 0.2) is 0 Å². The molecular weight excluding hydrogens is 486 g/mol. The molecule has 11 heteroatoms. The number of aromatic nitrogens is 4. The standard InChI is InChI=1S/C27H35N7O4/c1-4-34-21(14-17(2)32-34)26(37)31-27-30-20-15-19(24(28)35)16-22(38-3)23(20)33(27)13-9-8-12-29-25(36)18-10-6-5-7-11-18/h8-9,14-16,18H,4-7,10-13H2,1-3H3,(H2,28,35)(H,29,36)(H,30,31,37)/b9-8+. The minimum Gasteiger partial charge on any atom is -0.494 e. The van der Waals surface area contributed by atoms with Crippen molar-refractivity contribution < 1.29 is 19.1 Å². The second kappa shape index (κ2) is 11.9. The Bertz CT molecular complexity index is 1370. The van der Waals surface area contributed by atoms with Gasteiger partial charge in [0.25, 0.3) is 5.91 Å². The van der Waals surface area contributed by atoms with Gasteiger partial charge in [-0.3, -0.25) is 24.4 Å². The van der Waals surface area contributed by atoms with Crippen molar-refractivity contribution >= 4 is 34.7 Å². The Morgan fingerprint density at radius 1 is 1.16 bits per heavy atom. The maximum Gasteiger partial charge on any atom is 0.276 e. The highest BCUT2D eigenvalue weighted by Crippen LogP contribution is 2.31. The maximum atomic E-state index is 13.2. The molecule has 3 aromatic rings. The fraction of sp³-hybridized carbons (Fsp3) is 0.444. The first-order valence-corrected chi connectivity index (χ1v) is 13.0. The van der Waals surface area contributed by atoms with Gasteiger partial charge in [-0.1, -0.05) is 31.4 Å². The summed E-state index contributed by atoms with van der Waals surface area (Å²) in [5.41, 5.74) is 7.95. The molecule has 2 heterocycles. The van der Waals surface area contributed by atoms with Gasteiger partial charge in [0.1, 0.15) is 17.0 Å². The van der Waals surface area contributed by atoms with E-state index in [0.717, 1.165) is 31.4 Å². The number of methoxy groups -OCH3 is 1. The van der Waals surface area contributed by atoms with Crippen LogP contribution in [0.4, 0.5) is 5.95 Å². The molecule has 0 atom stereocenters. The van der Waals surface area contributed by atoms with Crippen LogP contribution in [0.3, 0.4) is 0 Å². The third-order valence-corrected chi connectivity index (χ3v) is 6.80. The van der Waals surface area contributed by atoms with Crippen LogP contribution in [-0.4, -0.2) is 50.7 Å². The lowest BCUT2D eigenvalue weighted by atomic mass is 9.89. The minimum absolute atomic E-state index is 0.0962. The van der Waals surface area contributed by atoms with Crippen LogP contribution in [0.1, 0.15) is 65.6 Å². The molecule has 1 aliphatic rings. The number of allylic oxidation sites excluding steroid dienone is 1. The van der Waals surface area contributed by atoms with Gasteiger partial charge in [0.05, 0.1) is 18.3 Å².